The second-order valence-corrected chi connectivity index (χ2v) is 5.14. The fourth-order valence-corrected chi connectivity index (χ4v) is 2.26. The molecule has 2 aromatic rings. The predicted octanol–water partition coefficient (Wildman–Crippen LogP) is 2.77. The Morgan fingerprint density at radius 3 is 2.89 bits per heavy atom. The first kappa shape index (κ1) is 12.8. The first-order valence-electron chi connectivity index (χ1n) is 5.61. The van der Waals surface area contributed by atoms with Gasteiger partial charge in [0.25, 0.3) is 0 Å². The van der Waals surface area contributed by atoms with Gasteiger partial charge in [-0.1, -0.05) is 28.1 Å². The summed E-state index contributed by atoms with van der Waals surface area (Å²) < 4.78 is 1.08. The molecule has 1 aromatic carbocycles. The van der Waals surface area contributed by atoms with E-state index in [0.717, 1.165) is 22.4 Å². The van der Waals surface area contributed by atoms with E-state index in [-0.39, 0.29) is 0 Å². The minimum atomic E-state index is 0.302. The molecule has 0 aliphatic heterocycles. The van der Waals surface area contributed by atoms with E-state index in [9.17, 15) is 0 Å². The number of hydrogen-bond donors (Lipinski definition) is 1. The molecular formula is C13H15BrN4. The van der Waals surface area contributed by atoms with Gasteiger partial charge in [0.1, 0.15) is 5.82 Å². The maximum Gasteiger partial charge on any atom is 0.221 e. The highest BCUT2D eigenvalue weighted by Gasteiger charge is 2.08. The Kier molecular flexibility index (Phi) is 3.81. The molecule has 1 aromatic heterocycles. The second kappa shape index (κ2) is 5.35. The molecule has 0 spiro atoms. The van der Waals surface area contributed by atoms with Crippen molar-refractivity contribution in [3.63, 3.8) is 0 Å². The van der Waals surface area contributed by atoms with E-state index in [1.165, 1.54) is 5.56 Å². The maximum atomic E-state index is 5.63. The summed E-state index contributed by atoms with van der Waals surface area (Å²) in [5.41, 5.74) is 7.85. The van der Waals surface area contributed by atoms with E-state index in [4.69, 9.17) is 5.73 Å². The Labute approximate surface area is 115 Å². The molecule has 0 saturated heterocycles. The van der Waals surface area contributed by atoms with Crippen molar-refractivity contribution in [2.75, 3.05) is 17.7 Å². The highest BCUT2D eigenvalue weighted by molar-refractivity contribution is 9.10. The number of nitrogens with zero attached hydrogens (tertiary/aromatic N) is 3. The first-order valence-corrected chi connectivity index (χ1v) is 6.40. The minimum Gasteiger partial charge on any atom is -0.368 e. The smallest absolute Gasteiger partial charge is 0.221 e. The summed E-state index contributed by atoms with van der Waals surface area (Å²) in [5.74, 6) is 1.17. The van der Waals surface area contributed by atoms with Crippen molar-refractivity contribution in [3.05, 3.63) is 46.1 Å². The van der Waals surface area contributed by atoms with Gasteiger partial charge >= 0.3 is 0 Å². The first-order chi connectivity index (χ1) is 8.56. The molecule has 0 atom stereocenters. The molecule has 0 amide bonds. The molecule has 2 rings (SSSR count). The number of halogens is 1. The molecule has 1 heterocycles. The van der Waals surface area contributed by atoms with Gasteiger partial charge in [-0.25, -0.2) is 4.98 Å². The maximum absolute atomic E-state index is 5.63. The number of anilines is 2. The predicted molar refractivity (Wildman–Crippen MR) is 77.4 cm³/mol. The monoisotopic (exact) mass is 306 g/mol. The summed E-state index contributed by atoms with van der Waals surface area (Å²) in [5, 5.41) is 0. The average Bonchev–Trinajstić information content (AvgIpc) is 2.32. The van der Waals surface area contributed by atoms with E-state index >= 15 is 0 Å². The van der Waals surface area contributed by atoms with Crippen molar-refractivity contribution in [2.45, 2.75) is 13.5 Å². The molecule has 0 unspecified atom stereocenters. The van der Waals surface area contributed by atoms with Gasteiger partial charge in [0, 0.05) is 29.8 Å². The lowest BCUT2D eigenvalue weighted by atomic mass is 10.2. The zero-order valence-corrected chi connectivity index (χ0v) is 12.0. The van der Waals surface area contributed by atoms with Crippen LogP contribution >= 0.6 is 15.9 Å². The van der Waals surface area contributed by atoms with E-state index in [2.05, 4.69) is 42.9 Å². The fraction of sp³-hybridized carbons (Fsp3) is 0.231. The summed E-state index contributed by atoms with van der Waals surface area (Å²) in [7, 11) is 2.00. The van der Waals surface area contributed by atoms with Crippen LogP contribution in [0, 0.1) is 6.92 Å². The highest BCUT2D eigenvalue weighted by atomic mass is 79.9. The van der Waals surface area contributed by atoms with Crippen LogP contribution in [0.1, 0.15) is 11.1 Å². The van der Waals surface area contributed by atoms with Crippen molar-refractivity contribution < 1.29 is 0 Å². The third-order valence-corrected chi connectivity index (χ3v) is 3.13. The molecule has 94 valence electrons. The van der Waals surface area contributed by atoms with Gasteiger partial charge in [-0.2, -0.15) is 4.98 Å². The van der Waals surface area contributed by atoms with Crippen LogP contribution in [0.5, 0.6) is 0 Å². The van der Waals surface area contributed by atoms with Crippen LogP contribution in [0.4, 0.5) is 11.8 Å². The Hall–Kier alpha value is -1.62. The molecule has 4 nitrogen and oxygen atoms in total. The molecule has 0 saturated carbocycles. The Morgan fingerprint density at radius 2 is 2.17 bits per heavy atom. The van der Waals surface area contributed by atoms with Crippen molar-refractivity contribution in [1.82, 2.24) is 9.97 Å². The van der Waals surface area contributed by atoms with Crippen molar-refractivity contribution in [3.8, 4) is 0 Å². The van der Waals surface area contributed by atoms with Gasteiger partial charge in [-0.3, -0.25) is 0 Å². The molecular weight excluding hydrogens is 292 g/mol. The highest BCUT2D eigenvalue weighted by Crippen LogP contribution is 2.19. The topological polar surface area (TPSA) is 55.0 Å². The number of hydrogen-bond acceptors (Lipinski definition) is 4. The Morgan fingerprint density at radius 1 is 1.39 bits per heavy atom. The zero-order valence-electron chi connectivity index (χ0n) is 10.4. The third kappa shape index (κ3) is 2.98. The van der Waals surface area contributed by atoms with Crippen LogP contribution in [-0.4, -0.2) is 17.0 Å². The molecule has 0 radical (unpaired) electrons. The second-order valence-electron chi connectivity index (χ2n) is 4.22. The minimum absolute atomic E-state index is 0.302. The number of nitrogens with two attached hydrogens (primary N) is 1. The van der Waals surface area contributed by atoms with Gasteiger partial charge < -0.3 is 10.6 Å². The number of aryl methyl sites for hydroxylation is 1. The number of nitrogen functional groups attached to an aromatic ring is 1. The number of rotatable bonds is 3. The SMILES string of the molecule is Cc1cnc(N)nc1N(C)Cc1cccc(Br)c1. The van der Waals surface area contributed by atoms with Crippen LogP contribution in [-0.2, 0) is 6.54 Å². The molecule has 2 N–H and O–H groups in total. The lowest BCUT2D eigenvalue weighted by Gasteiger charge is -2.20. The average molecular weight is 307 g/mol. The zero-order chi connectivity index (χ0) is 13.1. The standard InChI is InChI=1S/C13H15BrN4/c1-9-7-16-13(15)17-12(9)18(2)8-10-4-3-5-11(14)6-10/h3-7H,8H2,1-2H3,(H2,15,16,17). The Bertz CT molecular complexity index is 556. The van der Waals surface area contributed by atoms with Crippen LogP contribution in [0.2, 0.25) is 0 Å². The summed E-state index contributed by atoms with van der Waals surface area (Å²) >= 11 is 3.47. The normalized spacial score (nSPS) is 10.4. The number of aromatic nitrogens is 2. The summed E-state index contributed by atoms with van der Waals surface area (Å²) in [6, 6.07) is 8.21. The van der Waals surface area contributed by atoms with Crippen LogP contribution in [0.25, 0.3) is 0 Å². The van der Waals surface area contributed by atoms with Crippen LogP contribution in [0.15, 0.2) is 34.9 Å². The van der Waals surface area contributed by atoms with Crippen molar-refractivity contribution in [2.24, 2.45) is 0 Å². The third-order valence-electron chi connectivity index (χ3n) is 2.63. The molecule has 0 fully saturated rings. The summed E-state index contributed by atoms with van der Waals surface area (Å²) in [6.07, 6.45) is 1.75. The Balaban J connectivity index is 2.21. The van der Waals surface area contributed by atoms with E-state index < -0.39 is 0 Å². The largest absolute Gasteiger partial charge is 0.368 e. The van der Waals surface area contributed by atoms with Gasteiger partial charge in [0.05, 0.1) is 0 Å². The van der Waals surface area contributed by atoms with Crippen LogP contribution in [0.3, 0.4) is 0 Å². The van der Waals surface area contributed by atoms with E-state index in [1.807, 2.05) is 26.1 Å². The molecule has 0 aliphatic carbocycles. The van der Waals surface area contributed by atoms with Gasteiger partial charge in [0.15, 0.2) is 0 Å². The quantitative estimate of drug-likeness (QED) is 0.947. The fourth-order valence-electron chi connectivity index (χ4n) is 1.82. The van der Waals surface area contributed by atoms with Gasteiger partial charge in [-0.15, -0.1) is 0 Å². The summed E-state index contributed by atoms with van der Waals surface area (Å²) in [4.78, 5) is 10.3. The van der Waals surface area contributed by atoms with E-state index in [0.29, 0.717) is 5.95 Å². The molecule has 18 heavy (non-hydrogen) atoms. The van der Waals surface area contributed by atoms with E-state index in [1.54, 1.807) is 6.20 Å². The lowest BCUT2D eigenvalue weighted by Crippen LogP contribution is -2.19. The molecule has 5 heteroatoms. The number of benzene rings is 1. The van der Waals surface area contributed by atoms with Crippen LogP contribution < -0.4 is 10.6 Å². The van der Waals surface area contributed by atoms with Crippen molar-refractivity contribution >= 4 is 27.7 Å². The van der Waals surface area contributed by atoms with Crippen molar-refractivity contribution in [1.29, 1.82) is 0 Å². The lowest BCUT2D eigenvalue weighted by molar-refractivity contribution is 0.884. The van der Waals surface area contributed by atoms with Gasteiger partial charge in [-0.05, 0) is 24.6 Å². The molecule has 0 aliphatic rings. The molecule has 0 bridgehead atoms. The summed E-state index contributed by atoms with van der Waals surface area (Å²) in [6.45, 7) is 2.75. The van der Waals surface area contributed by atoms with Gasteiger partial charge in [0.2, 0.25) is 5.95 Å².